The van der Waals surface area contributed by atoms with Crippen LogP contribution in [0.3, 0.4) is 0 Å². The highest BCUT2D eigenvalue weighted by atomic mass is 16.2. The van der Waals surface area contributed by atoms with Crippen molar-refractivity contribution in [2.24, 2.45) is 5.92 Å². The summed E-state index contributed by atoms with van der Waals surface area (Å²) < 4.78 is 0. The second-order valence-corrected chi connectivity index (χ2v) is 7.24. The zero-order valence-electron chi connectivity index (χ0n) is 15.8. The van der Waals surface area contributed by atoms with Crippen LogP contribution in [0, 0.1) is 26.7 Å². The third-order valence-corrected chi connectivity index (χ3v) is 5.45. The number of nitrogens with zero attached hydrogens (tertiary/aromatic N) is 1. The highest BCUT2D eigenvalue weighted by Gasteiger charge is 2.26. The van der Waals surface area contributed by atoms with Gasteiger partial charge in [-0.2, -0.15) is 0 Å². The molecule has 3 rings (SSSR count). The number of nitrogens with one attached hydrogen (secondary N) is 2. The number of carbonyl (C=O) groups excluding carboxylic acids is 2. The number of hydrogen-bond acceptors (Lipinski definition) is 2. The fourth-order valence-electron chi connectivity index (χ4n) is 3.75. The van der Waals surface area contributed by atoms with Crippen molar-refractivity contribution in [2.45, 2.75) is 40.2 Å². The molecule has 1 saturated heterocycles. The molecule has 5 nitrogen and oxygen atoms in total. The van der Waals surface area contributed by atoms with E-state index in [1.54, 1.807) is 4.90 Å². The number of likely N-dealkylation sites (tertiary alicyclic amines) is 1. The molecule has 0 saturated carbocycles. The number of aromatic amines is 1. The Labute approximate surface area is 154 Å². The highest BCUT2D eigenvalue weighted by molar-refractivity contribution is 5.89. The van der Waals surface area contributed by atoms with Gasteiger partial charge in [0.1, 0.15) is 0 Å². The third-order valence-electron chi connectivity index (χ3n) is 5.45. The molecule has 0 spiro atoms. The molecule has 5 heteroatoms. The summed E-state index contributed by atoms with van der Waals surface area (Å²) >= 11 is 0. The van der Waals surface area contributed by atoms with Crippen molar-refractivity contribution in [3.63, 3.8) is 0 Å². The first-order chi connectivity index (χ1) is 12.4. The average molecular weight is 353 g/mol. The Kier molecular flexibility index (Phi) is 5.16. The fraction of sp³-hybridized carbons (Fsp3) is 0.429. The standard InChI is InChI=1S/C21H27N3O2/c1-5-19(25)24-8-6-16(7-9-24)21(26)22-12-17-10-13(2)11-18-14(3)15(4)23-20(17)18/h5,10-11,16,23H,1,6-9,12H2,2-4H3,(H,22,26). The number of amides is 2. The summed E-state index contributed by atoms with van der Waals surface area (Å²) in [5.41, 5.74) is 5.84. The van der Waals surface area contributed by atoms with Crippen molar-refractivity contribution >= 4 is 22.7 Å². The van der Waals surface area contributed by atoms with Gasteiger partial charge in [0.05, 0.1) is 5.52 Å². The van der Waals surface area contributed by atoms with Crippen LogP contribution in [0.5, 0.6) is 0 Å². The maximum absolute atomic E-state index is 12.6. The Morgan fingerprint density at radius 1 is 1.27 bits per heavy atom. The largest absolute Gasteiger partial charge is 0.358 e. The zero-order valence-corrected chi connectivity index (χ0v) is 15.8. The second kappa shape index (κ2) is 7.36. The number of fused-ring (bicyclic) bond motifs is 1. The van der Waals surface area contributed by atoms with Crippen molar-refractivity contribution < 1.29 is 9.59 Å². The van der Waals surface area contributed by atoms with Crippen molar-refractivity contribution in [1.29, 1.82) is 0 Å². The first-order valence-electron chi connectivity index (χ1n) is 9.18. The number of aromatic nitrogens is 1. The van der Waals surface area contributed by atoms with E-state index < -0.39 is 0 Å². The molecule has 26 heavy (non-hydrogen) atoms. The molecule has 1 aliphatic rings. The van der Waals surface area contributed by atoms with E-state index in [2.05, 4.69) is 49.8 Å². The fourth-order valence-corrected chi connectivity index (χ4v) is 3.75. The molecule has 138 valence electrons. The molecule has 2 heterocycles. The molecule has 0 radical (unpaired) electrons. The lowest BCUT2D eigenvalue weighted by molar-refractivity contribution is -0.132. The predicted octanol–water partition coefficient (Wildman–Crippen LogP) is 3.13. The summed E-state index contributed by atoms with van der Waals surface area (Å²) in [7, 11) is 0. The summed E-state index contributed by atoms with van der Waals surface area (Å²) in [6.07, 6.45) is 2.74. The monoisotopic (exact) mass is 353 g/mol. The minimum Gasteiger partial charge on any atom is -0.358 e. The highest BCUT2D eigenvalue weighted by Crippen LogP contribution is 2.26. The number of carbonyl (C=O) groups is 2. The van der Waals surface area contributed by atoms with Gasteiger partial charge in [0.15, 0.2) is 0 Å². The van der Waals surface area contributed by atoms with Gasteiger partial charge in [-0.3, -0.25) is 9.59 Å². The SMILES string of the molecule is C=CC(=O)N1CCC(C(=O)NCc2cc(C)cc3c(C)c(C)[nH]c23)CC1. The molecule has 1 aliphatic heterocycles. The Balaban J connectivity index is 1.65. The molecule has 2 N–H and O–H groups in total. The Morgan fingerprint density at radius 2 is 1.96 bits per heavy atom. The number of piperidine rings is 1. The molecular formula is C21H27N3O2. The van der Waals surface area contributed by atoms with E-state index in [4.69, 9.17) is 0 Å². The van der Waals surface area contributed by atoms with Gasteiger partial charge in [0.25, 0.3) is 0 Å². The van der Waals surface area contributed by atoms with Gasteiger partial charge < -0.3 is 15.2 Å². The third kappa shape index (κ3) is 3.52. The number of rotatable bonds is 4. The minimum atomic E-state index is -0.0523. The molecule has 0 atom stereocenters. The summed E-state index contributed by atoms with van der Waals surface area (Å²) in [6.45, 7) is 11.5. The van der Waals surface area contributed by atoms with E-state index in [-0.39, 0.29) is 17.7 Å². The molecule has 0 unspecified atom stereocenters. The second-order valence-electron chi connectivity index (χ2n) is 7.24. The number of hydrogen-bond donors (Lipinski definition) is 2. The van der Waals surface area contributed by atoms with Gasteiger partial charge >= 0.3 is 0 Å². The summed E-state index contributed by atoms with van der Waals surface area (Å²) in [6, 6.07) is 4.31. The number of aryl methyl sites for hydroxylation is 3. The van der Waals surface area contributed by atoms with Gasteiger partial charge in [-0.15, -0.1) is 0 Å². The van der Waals surface area contributed by atoms with E-state index >= 15 is 0 Å². The van der Waals surface area contributed by atoms with Crippen molar-refractivity contribution in [2.75, 3.05) is 13.1 Å². The Morgan fingerprint density at radius 3 is 2.62 bits per heavy atom. The van der Waals surface area contributed by atoms with E-state index in [9.17, 15) is 9.59 Å². The summed E-state index contributed by atoms with van der Waals surface area (Å²) in [4.78, 5) is 29.4. The molecule has 2 aromatic rings. The van der Waals surface area contributed by atoms with Crippen LogP contribution in [-0.2, 0) is 16.1 Å². The van der Waals surface area contributed by atoms with Crippen LogP contribution in [0.1, 0.15) is 35.2 Å². The van der Waals surface area contributed by atoms with Crippen LogP contribution in [0.2, 0.25) is 0 Å². The molecule has 1 fully saturated rings. The van der Waals surface area contributed by atoms with Crippen LogP contribution in [0.15, 0.2) is 24.8 Å². The topological polar surface area (TPSA) is 65.2 Å². The number of benzene rings is 1. The van der Waals surface area contributed by atoms with Gasteiger partial charge in [0.2, 0.25) is 11.8 Å². The maximum Gasteiger partial charge on any atom is 0.245 e. The number of H-pyrrole nitrogens is 1. The first-order valence-corrected chi connectivity index (χ1v) is 9.18. The molecular weight excluding hydrogens is 326 g/mol. The molecule has 2 amide bonds. The smallest absolute Gasteiger partial charge is 0.245 e. The average Bonchev–Trinajstić information content (AvgIpc) is 2.93. The Hall–Kier alpha value is -2.56. The molecule has 0 aliphatic carbocycles. The molecule has 0 bridgehead atoms. The predicted molar refractivity (Wildman–Crippen MR) is 104 cm³/mol. The lowest BCUT2D eigenvalue weighted by atomic mass is 9.95. The zero-order chi connectivity index (χ0) is 18.8. The van der Waals surface area contributed by atoms with Crippen LogP contribution in [0.25, 0.3) is 10.9 Å². The van der Waals surface area contributed by atoms with E-state index in [1.807, 2.05) is 0 Å². The van der Waals surface area contributed by atoms with Crippen LogP contribution in [0.4, 0.5) is 0 Å². The van der Waals surface area contributed by atoms with Crippen molar-refractivity contribution in [3.05, 3.63) is 47.2 Å². The van der Waals surface area contributed by atoms with Crippen molar-refractivity contribution in [3.8, 4) is 0 Å². The van der Waals surface area contributed by atoms with Crippen molar-refractivity contribution in [1.82, 2.24) is 15.2 Å². The van der Waals surface area contributed by atoms with Gasteiger partial charge in [-0.05, 0) is 56.9 Å². The van der Waals surface area contributed by atoms with Crippen LogP contribution < -0.4 is 5.32 Å². The summed E-state index contributed by atoms with van der Waals surface area (Å²) in [5.74, 6) is -0.00914. The van der Waals surface area contributed by atoms with Gasteiger partial charge in [-0.1, -0.05) is 18.2 Å². The first kappa shape index (κ1) is 18.2. The van der Waals surface area contributed by atoms with Gasteiger partial charge in [0, 0.05) is 36.6 Å². The maximum atomic E-state index is 12.6. The quantitative estimate of drug-likeness (QED) is 0.830. The van der Waals surface area contributed by atoms with E-state index in [1.165, 1.54) is 22.6 Å². The van der Waals surface area contributed by atoms with Gasteiger partial charge in [-0.25, -0.2) is 0 Å². The molecule has 1 aromatic carbocycles. The lowest BCUT2D eigenvalue weighted by Gasteiger charge is -2.30. The van der Waals surface area contributed by atoms with E-state index in [0.29, 0.717) is 32.5 Å². The van der Waals surface area contributed by atoms with Crippen LogP contribution >= 0.6 is 0 Å². The minimum absolute atomic E-state index is 0.0312. The normalized spacial score (nSPS) is 15.3. The molecule has 1 aromatic heterocycles. The summed E-state index contributed by atoms with van der Waals surface area (Å²) in [5, 5.41) is 4.32. The van der Waals surface area contributed by atoms with E-state index in [0.717, 1.165) is 16.8 Å². The van der Waals surface area contributed by atoms with Crippen LogP contribution in [-0.4, -0.2) is 34.8 Å². The lowest BCUT2D eigenvalue weighted by Crippen LogP contribution is -2.42. The Bertz CT molecular complexity index is 858.